The number of hydrogen-bond acceptors (Lipinski definition) is 6. The van der Waals surface area contributed by atoms with Gasteiger partial charge in [0.25, 0.3) is 5.56 Å². The van der Waals surface area contributed by atoms with Crippen LogP contribution in [0.3, 0.4) is 0 Å². The number of nitrogens with one attached hydrogen (secondary N) is 1. The van der Waals surface area contributed by atoms with Gasteiger partial charge in [-0.2, -0.15) is 0 Å². The number of likely N-dealkylation sites (N-methyl/N-ethyl adjacent to an activating group) is 1. The summed E-state index contributed by atoms with van der Waals surface area (Å²) in [6.07, 6.45) is 6.59. The molecule has 5 rings (SSSR count). The molecule has 0 saturated carbocycles. The highest BCUT2D eigenvalue weighted by Crippen LogP contribution is 2.29. The molecule has 1 unspecified atom stereocenters. The predicted octanol–water partition coefficient (Wildman–Crippen LogP) is 3.99. The molecule has 0 saturated heterocycles. The zero-order valence-corrected chi connectivity index (χ0v) is 21.6. The zero-order valence-electron chi connectivity index (χ0n) is 21.6. The molecule has 3 heterocycles. The number of aromatic nitrogens is 4. The first-order valence-electron chi connectivity index (χ1n) is 12.5. The Morgan fingerprint density at radius 3 is 2.67 bits per heavy atom. The molecule has 4 aromatic rings. The van der Waals surface area contributed by atoms with Crippen molar-refractivity contribution in [2.75, 3.05) is 19.4 Å². The number of fused-ring (bicyclic) bond motifs is 2. The van der Waals surface area contributed by atoms with E-state index in [-0.39, 0.29) is 5.56 Å². The molecule has 0 spiro atoms. The maximum absolute atomic E-state index is 13.2. The van der Waals surface area contributed by atoms with E-state index < -0.39 is 5.60 Å². The summed E-state index contributed by atoms with van der Waals surface area (Å²) >= 11 is 0. The second-order valence-electron chi connectivity index (χ2n) is 10.3. The Hall–Kier alpha value is -3.49. The number of benzene rings is 1. The Balaban J connectivity index is 1.53. The molecule has 1 aliphatic rings. The normalized spacial score (nSPS) is 15.9. The van der Waals surface area contributed by atoms with Gasteiger partial charge >= 0.3 is 0 Å². The largest absolute Gasteiger partial charge is 0.384 e. The number of rotatable bonds is 6. The van der Waals surface area contributed by atoms with E-state index in [0.717, 1.165) is 36.2 Å². The molecule has 0 amide bonds. The predicted molar refractivity (Wildman–Crippen MR) is 143 cm³/mol. The molecule has 8 heteroatoms. The third-order valence-corrected chi connectivity index (χ3v) is 7.14. The highest BCUT2D eigenvalue weighted by Gasteiger charge is 2.22. The average molecular weight is 487 g/mol. The van der Waals surface area contributed by atoms with Crippen LogP contribution in [0.4, 0.5) is 11.5 Å². The molecule has 8 nitrogen and oxygen atoms in total. The summed E-state index contributed by atoms with van der Waals surface area (Å²) in [6, 6.07) is 12.7. The summed E-state index contributed by atoms with van der Waals surface area (Å²) in [4.78, 5) is 24.3. The lowest BCUT2D eigenvalue weighted by Gasteiger charge is -2.30. The number of pyridine rings is 2. The van der Waals surface area contributed by atoms with Gasteiger partial charge in [-0.3, -0.25) is 9.78 Å². The summed E-state index contributed by atoms with van der Waals surface area (Å²) in [5.41, 5.74) is 4.63. The Bertz CT molecular complexity index is 1480. The molecule has 3 aromatic heterocycles. The SMILES string of the molecule is CCn1c(=O)c2cnc(Nc3ccc4c(c3)CCC(N(C)C)C4)cc2n1-c1ccnc(C(C)(C)O)c1. The third-order valence-electron chi connectivity index (χ3n) is 7.14. The van der Waals surface area contributed by atoms with Crippen LogP contribution in [0.1, 0.15) is 44.0 Å². The topological polar surface area (TPSA) is 88.2 Å². The molecule has 1 aliphatic carbocycles. The van der Waals surface area contributed by atoms with Crippen LogP contribution in [0, 0.1) is 0 Å². The Kier molecular flexibility index (Phi) is 6.18. The minimum Gasteiger partial charge on any atom is -0.384 e. The van der Waals surface area contributed by atoms with Crippen LogP contribution in [0.15, 0.2) is 53.6 Å². The van der Waals surface area contributed by atoms with Crippen molar-refractivity contribution in [1.29, 1.82) is 0 Å². The fourth-order valence-corrected chi connectivity index (χ4v) is 5.06. The van der Waals surface area contributed by atoms with E-state index in [4.69, 9.17) is 0 Å². The highest BCUT2D eigenvalue weighted by molar-refractivity contribution is 5.82. The monoisotopic (exact) mass is 486 g/mol. The van der Waals surface area contributed by atoms with Gasteiger partial charge in [0.2, 0.25) is 0 Å². The van der Waals surface area contributed by atoms with Crippen molar-refractivity contribution >= 4 is 22.4 Å². The first-order chi connectivity index (χ1) is 17.2. The smallest absolute Gasteiger partial charge is 0.276 e. The van der Waals surface area contributed by atoms with Crippen LogP contribution >= 0.6 is 0 Å². The Labute approximate surface area is 211 Å². The lowest BCUT2D eigenvalue weighted by atomic mass is 9.87. The summed E-state index contributed by atoms with van der Waals surface area (Å²) in [5.74, 6) is 0.670. The molecule has 0 aliphatic heterocycles. The molecule has 0 fully saturated rings. The van der Waals surface area contributed by atoms with Gasteiger partial charge in [-0.1, -0.05) is 6.07 Å². The van der Waals surface area contributed by atoms with E-state index in [1.165, 1.54) is 11.1 Å². The van der Waals surface area contributed by atoms with Gasteiger partial charge < -0.3 is 15.3 Å². The molecular formula is C28H34N6O2. The van der Waals surface area contributed by atoms with E-state index in [1.54, 1.807) is 30.9 Å². The van der Waals surface area contributed by atoms with Gasteiger partial charge in [0.1, 0.15) is 11.4 Å². The van der Waals surface area contributed by atoms with Gasteiger partial charge in [0, 0.05) is 36.7 Å². The molecule has 1 atom stereocenters. The van der Waals surface area contributed by atoms with Crippen LogP contribution in [-0.2, 0) is 25.0 Å². The molecule has 36 heavy (non-hydrogen) atoms. The fourth-order valence-electron chi connectivity index (χ4n) is 5.06. The molecular weight excluding hydrogens is 452 g/mol. The van der Waals surface area contributed by atoms with E-state index in [2.05, 4.69) is 52.5 Å². The maximum Gasteiger partial charge on any atom is 0.276 e. The van der Waals surface area contributed by atoms with E-state index >= 15 is 0 Å². The van der Waals surface area contributed by atoms with Crippen molar-refractivity contribution in [3.63, 3.8) is 0 Å². The van der Waals surface area contributed by atoms with Crippen LogP contribution in [0.2, 0.25) is 0 Å². The van der Waals surface area contributed by atoms with Gasteiger partial charge in [-0.05, 0) is 89.5 Å². The molecule has 188 valence electrons. The molecule has 2 N–H and O–H groups in total. The van der Waals surface area contributed by atoms with E-state index in [1.807, 2.05) is 29.8 Å². The minimum absolute atomic E-state index is 0.0996. The zero-order chi connectivity index (χ0) is 25.6. The highest BCUT2D eigenvalue weighted by atomic mass is 16.3. The van der Waals surface area contributed by atoms with Gasteiger partial charge in [0.15, 0.2) is 0 Å². The van der Waals surface area contributed by atoms with E-state index in [9.17, 15) is 9.90 Å². The van der Waals surface area contributed by atoms with Gasteiger partial charge in [-0.25, -0.2) is 14.3 Å². The van der Waals surface area contributed by atoms with Crippen molar-refractivity contribution in [3.05, 3.63) is 76.0 Å². The quantitative estimate of drug-likeness (QED) is 0.429. The third kappa shape index (κ3) is 4.42. The summed E-state index contributed by atoms with van der Waals surface area (Å²) < 4.78 is 3.56. The van der Waals surface area contributed by atoms with E-state index in [0.29, 0.717) is 29.5 Å². The number of aryl methyl sites for hydroxylation is 1. The lowest BCUT2D eigenvalue weighted by Crippen LogP contribution is -2.33. The van der Waals surface area contributed by atoms with Crippen molar-refractivity contribution in [2.24, 2.45) is 0 Å². The average Bonchev–Trinajstić information content (AvgIpc) is 3.14. The number of nitrogens with zero attached hydrogens (tertiary/aromatic N) is 5. The van der Waals surface area contributed by atoms with Crippen LogP contribution in [0.25, 0.3) is 16.6 Å². The van der Waals surface area contributed by atoms with Crippen molar-refractivity contribution in [2.45, 2.75) is 58.2 Å². The van der Waals surface area contributed by atoms with Gasteiger partial charge in [0.05, 0.1) is 22.3 Å². The molecule has 1 aromatic carbocycles. The van der Waals surface area contributed by atoms with Crippen LogP contribution in [-0.4, -0.2) is 49.5 Å². The van der Waals surface area contributed by atoms with Crippen molar-refractivity contribution in [3.8, 4) is 5.69 Å². The Morgan fingerprint density at radius 2 is 1.94 bits per heavy atom. The maximum atomic E-state index is 13.2. The second-order valence-corrected chi connectivity index (χ2v) is 10.3. The molecule has 0 bridgehead atoms. The second kappa shape index (κ2) is 9.19. The number of aliphatic hydroxyl groups is 1. The first-order valence-corrected chi connectivity index (χ1v) is 12.5. The Morgan fingerprint density at radius 1 is 1.14 bits per heavy atom. The van der Waals surface area contributed by atoms with Crippen molar-refractivity contribution in [1.82, 2.24) is 24.2 Å². The number of anilines is 2. The summed E-state index contributed by atoms with van der Waals surface area (Å²) in [7, 11) is 4.30. The minimum atomic E-state index is -1.09. The van der Waals surface area contributed by atoms with Crippen LogP contribution in [0.5, 0.6) is 0 Å². The summed E-state index contributed by atoms with van der Waals surface area (Å²) in [6.45, 7) is 5.83. The number of hydrogen-bond donors (Lipinski definition) is 2. The van der Waals surface area contributed by atoms with Gasteiger partial charge in [-0.15, -0.1) is 0 Å². The summed E-state index contributed by atoms with van der Waals surface area (Å²) in [5, 5.41) is 14.5. The fraction of sp³-hybridized carbons (Fsp3) is 0.393. The van der Waals surface area contributed by atoms with Crippen LogP contribution < -0.4 is 10.9 Å². The lowest BCUT2D eigenvalue weighted by molar-refractivity contribution is 0.0738. The van der Waals surface area contributed by atoms with Crippen molar-refractivity contribution < 1.29 is 5.11 Å². The molecule has 0 radical (unpaired) electrons. The first kappa shape index (κ1) is 24.2. The standard InChI is InChI=1S/C28H34N6O2/c1-6-33-27(35)23-17-30-26(16-24(23)34(33)22-11-12-29-25(15-22)28(2,3)36)31-20-9-7-19-14-21(32(4)5)10-8-18(19)13-20/h7,9,11-13,15-17,21,36H,6,8,10,14H2,1-5H3,(H,30,31).